The highest BCUT2D eigenvalue weighted by Gasteiger charge is 2.08. The first kappa shape index (κ1) is 9.43. The molecule has 0 saturated carbocycles. The van der Waals surface area contributed by atoms with E-state index in [0.717, 1.165) is 13.0 Å². The van der Waals surface area contributed by atoms with Crippen LogP contribution in [0.5, 0.6) is 0 Å². The van der Waals surface area contributed by atoms with E-state index in [-0.39, 0.29) is 11.9 Å². The van der Waals surface area contributed by atoms with Gasteiger partial charge in [0.2, 0.25) is 5.91 Å². The molecule has 0 aliphatic heterocycles. The first-order chi connectivity index (χ1) is 4.72. The molecule has 0 aromatic carbocycles. The Balaban J connectivity index is 3.42. The number of nitrogens with one attached hydrogen (secondary N) is 1. The molecule has 3 N–H and O–H groups in total. The van der Waals surface area contributed by atoms with Gasteiger partial charge in [0.05, 0.1) is 6.04 Å². The van der Waals surface area contributed by atoms with Gasteiger partial charge in [-0.1, -0.05) is 13.8 Å². The monoisotopic (exact) mass is 144 g/mol. The minimum Gasteiger partial charge on any atom is -0.355 e. The number of rotatable bonds is 4. The predicted octanol–water partition coefficient (Wildman–Crippen LogP) is 0.250. The Hall–Kier alpha value is -0.570. The molecule has 0 radical (unpaired) electrons. The van der Waals surface area contributed by atoms with Crippen LogP contribution in [0.3, 0.4) is 0 Å². The lowest BCUT2D eigenvalue weighted by Crippen LogP contribution is -2.40. The summed E-state index contributed by atoms with van der Waals surface area (Å²) in [5.74, 6) is -0.0376. The van der Waals surface area contributed by atoms with Gasteiger partial charge in [-0.3, -0.25) is 4.79 Å². The molecule has 0 fully saturated rings. The maximum Gasteiger partial charge on any atom is 0.236 e. The summed E-state index contributed by atoms with van der Waals surface area (Å²) in [4.78, 5) is 10.9. The fourth-order valence-corrected chi connectivity index (χ4v) is 0.565. The molecule has 1 unspecified atom stereocenters. The van der Waals surface area contributed by atoms with Gasteiger partial charge in [-0.2, -0.15) is 0 Å². The van der Waals surface area contributed by atoms with Crippen LogP contribution in [-0.2, 0) is 4.79 Å². The Morgan fingerprint density at radius 2 is 2.20 bits per heavy atom. The molecule has 10 heavy (non-hydrogen) atoms. The van der Waals surface area contributed by atoms with Gasteiger partial charge in [0.25, 0.3) is 0 Å². The Labute approximate surface area is 62.0 Å². The zero-order valence-corrected chi connectivity index (χ0v) is 6.68. The van der Waals surface area contributed by atoms with Crippen LogP contribution in [-0.4, -0.2) is 18.5 Å². The van der Waals surface area contributed by atoms with Gasteiger partial charge in [-0.15, -0.1) is 0 Å². The van der Waals surface area contributed by atoms with Crippen LogP contribution in [0.2, 0.25) is 0 Å². The molecule has 0 aromatic rings. The smallest absolute Gasteiger partial charge is 0.236 e. The zero-order valence-electron chi connectivity index (χ0n) is 6.68. The van der Waals surface area contributed by atoms with Crippen molar-refractivity contribution in [1.82, 2.24) is 5.32 Å². The number of nitrogens with two attached hydrogens (primary N) is 1. The topological polar surface area (TPSA) is 55.1 Å². The zero-order chi connectivity index (χ0) is 7.98. The van der Waals surface area contributed by atoms with Gasteiger partial charge < -0.3 is 11.1 Å². The Morgan fingerprint density at radius 1 is 1.60 bits per heavy atom. The molecule has 0 bridgehead atoms. The summed E-state index contributed by atoms with van der Waals surface area (Å²) in [6, 6.07) is -0.327. The van der Waals surface area contributed by atoms with Crippen molar-refractivity contribution in [3.63, 3.8) is 0 Å². The number of hydrogen-bond acceptors (Lipinski definition) is 2. The summed E-state index contributed by atoms with van der Waals surface area (Å²) in [6.07, 6.45) is 1.66. The number of amides is 1. The van der Waals surface area contributed by atoms with Crippen molar-refractivity contribution in [2.45, 2.75) is 32.7 Å². The standard InChI is InChI=1S/C7H16N2O/c1-3-5-9-7(10)6(8)4-2/h6H,3-5,8H2,1-2H3,(H,9,10). The summed E-state index contributed by atoms with van der Waals surface area (Å²) in [7, 11) is 0. The number of carbonyl (C=O) groups is 1. The Kier molecular flexibility index (Phi) is 4.94. The third-order valence-corrected chi connectivity index (χ3v) is 1.33. The minimum absolute atomic E-state index is 0.0376. The van der Waals surface area contributed by atoms with E-state index in [1.807, 2.05) is 13.8 Å². The minimum atomic E-state index is -0.327. The normalized spacial score (nSPS) is 12.7. The van der Waals surface area contributed by atoms with Gasteiger partial charge >= 0.3 is 0 Å². The molecule has 0 rings (SSSR count). The number of hydrogen-bond donors (Lipinski definition) is 2. The molecule has 0 aromatic heterocycles. The first-order valence-electron chi connectivity index (χ1n) is 3.75. The SMILES string of the molecule is CCCNC(=O)C(N)CC. The van der Waals surface area contributed by atoms with Crippen molar-refractivity contribution >= 4 is 5.91 Å². The molecule has 0 aliphatic rings. The lowest BCUT2D eigenvalue weighted by molar-refractivity contribution is -0.122. The van der Waals surface area contributed by atoms with E-state index in [1.54, 1.807) is 0 Å². The third kappa shape index (κ3) is 3.45. The molecular weight excluding hydrogens is 128 g/mol. The molecule has 60 valence electrons. The van der Waals surface area contributed by atoms with E-state index in [4.69, 9.17) is 5.73 Å². The molecule has 0 saturated heterocycles. The number of carbonyl (C=O) groups excluding carboxylic acids is 1. The third-order valence-electron chi connectivity index (χ3n) is 1.33. The van der Waals surface area contributed by atoms with Crippen molar-refractivity contribution in [2.24, 2.45) is 5.73 Å². The molecule has 1 amide bonds. The maximum atomic E-state index is 10.9. The molecule has 1 atom stereocenters. The van der Waals surface area contributed by atoms with E-state index in [2.05, 4.69) is 5.32 Å². The van der Waals surface area contributed by atoms with Crippen LogP contribution in [0.4, 0.5) is 0 Å². The first-order valence-corrected chi connectivity index (χ1v) is 3.75. The predicted molar refractivity (Wildman–Crippen MR) is 41.6 cm³/mol. The molecule has 3 heteroatoms. The Bertz CT molecular complexity index is 104. The van der Waals surface area contributed by atoms with Crippen molar-refractivity contribution in [2.75, 3.05) is 6.54 Å². The molecule has 0 heterocycles. The van der Waals surface area contributed by atoms with Gasteiger partial charge in [-0.05, 0) is 12.8 Å². The second-order valence-corrected chi connectivity index (χ2v) is 2.31. The van der Waals surface area contributed by atoms with Crippen molar-refractivity contribution in [1.29, 1.82) is 0 Å². The van der Waals surface area contributed by atoms with Crippen LogP contribution < -0.4 is 11.1 Å². The second-order valence-electron chi connectivity index (χ2n) is 2.31. The van der Waals surface area contributed by atoms with Crippen molar-refractivity contribution in [3.05, 3.63) is 0 Å². The summed E-state index contributed by atoms with van der Waals surface area (Å²) in [5.41, 5.74) is 5.45. The molecule has 0 aliphatic carbocycles. The van der Waals surface area contributed by atoms with Crippen LogP contribution >= 0.6 is 0 Å². The van der Waals surface area contributed by atoms with Crippen LogP contribution in [0.15, 0.2) is 0 Å². The second kappa shape index (κ2) is 5.23. The fraction of sp³-hybridized carbons (Fsp3) is 0.857. The van der Waals surface area contributed by atoms with Crippen molar-refractivity contribution in [3.8, 4) is 0 Å². The fourth-order valence-electron chi connectivity index (χ4n) is 0.565. The highest BCUT2D eigenvalue weighted by atomic mass is 16.2. The van der Waals surface area contributed by atoms with Gasteiger partial charge in [-0.25, -0.2) is 0 Å². The largest absolute Gasteiger partial charge is 0.355 e. The van der Waals surface area contributed by atoms with E-state index in [0.29, 0.717) is 6.42 Å². The quantitative estimate of drug-likeness (QED) is 0.594. The summed E-state index contributed by atoms with van der Waals surface area (Å²) < 4.78 is 0. The van der Waals surface area contributed by atoms with Crippen LogP contribution in [0, 0.1) is 0 Å². The summed E-state index contributed by atoms with van der Waals surface area (Å²) in [5, 5.41) is 2.72. The van der Waals surface area contributed by atoms with Crippen LogP contribution in [0.1, 0.15) is 26.7 Å². The lowest BCUT2D eigenvalue weighted by atomic mass is 10.2. The van der Waals surface area contributed by atoms with Crippen LogP contribution in [0.25, 0.3) is 0 Å². The van der Waals surface area contributed by atoms with E-state index >= 15 is 0 Å². The average Bonchev–Trinajstić information content (AvgIpc) is 1.98. The van der Waals surface area contributed by atoms with Crippen molar-refractivity contribution < 1.29 is 4.79 Å². The van der Waals surface area contributed by atoms with E-state index < -0.39 is 0 Å². The van der Waals surface area contributed by atoms with Gasteiger partial charge in [0, 0.05) is 6.54 Å². The summed E-state index contributed by atoms with van der Waals surface area (Å²) in [6.45, 7) is 4.64. The van der Waals surface area contributed by atoms with Gasteiger partial charge in [0.1, 0.15) is 0 Å². The highest BCUT2D eigenvalue weighted by Crippen LogP contribution is 1.84. The van der Waals surface area contributed by atoms with E-state index in [9.17, 15) is 4.79 Å². The summed E-state index contributed by atoms with van der Waals surface area (Å²) >= 11 is 0. The highest BCUT2D eigenvalue weighted by molar-refractivity contribution is 5.81. The lowest BCUT2D eigenvalue weighted by Gasteiger charge is -2.07. The van der Waals surface area contributed by atoms with E-state index in [1.165, 1.54) is 0 Å². The van der Waals surface area contributed by atoms with Gasteiger partial charge in [0.15, 0.2) is 0 Å². The molecular formula is C7H16N2O. The molecule has 0 spiro atoms. The Morgan fingerprint density at radius 3 is 2.60 bits per heavy atom. The maximum absolute atomic E-state index is 10.9. The average molecular weight is 144 g/mol. The molecule has 3 nitrogen and oxygen atoms in total.